The van der Waals surface area contributed by atoms with Crippen LogP contribution < -0.4 is 5.32 Å². The second kappa shape index (κ2) is 6.31. The van der Waals surface area contributed by atoms with Crippen LogP contribution in [-0.2, 0) is 24.0 Å². The number of ketones is 1. The second-order valence-electron chi connectivity index (χ2n) is 4.62. The molecule has 0 bridgehead atoms. The molecule has 0 aromatic carbocycles. The van der Waals surface area contributed by atoms with Crippen LogP contribution in [0.5, 0.6) is 0 Å². The molecule has 0 saturated carbocycles. The zero-order chi connectivity index (χ0) is 15.6. The molecule has 8 heteroatoms. The summed E-state index contributed by atoms with van der Waals surface area (Å²) in [6.07, 6.45) is 1.51. The van der Waals surface area contributed by atoms with E-state index in [-0.39, 0.29) is 17.7 Å². The molecule has 114 valence electrons. The maximum Gasteiger partial charge on any atom is 0.357 e. The predicted molar refractivity (Wildman–Crippen MR) is 75.4 cm³/mol. The number of methoxy groups -OCH3 is 1. The number of nitrogens with zero attached hydrogens (tertiary/aromatic N) is 1. The number of hydrogen-bond acceptors (Lipinski definition) is 7. The first kappa shape index (κ1) is 15.6. The van der Waals surface area contributed by atoms with Gasteiger partial charge in [0.05, 0.1) is 13.2 Å². The molecule has 2 atom stereocenters. The standard InChI is InChI=1S/C13H16N2O5S/c1-7(16)12-9-6-10(21-5-4-14-8(2)17)11(13(18)19-3)15(9)20-12/h4-5,9,12H,6H2,1-3H3,(H,14,17)/t9-,12?/m1/s1. The first-order chi connectivity index (χ1) is 9.95. The number of esters is 1. The van der Waals surface area contributed by atoms with Crippen LogP contribution in [0.25, 0.3) is 0 Å². The average Bonchev–Trinajstić information content (AvgIpc) is 2.66. The van der Waals surface area contributed by atoms with E-state index in [9.17, 15) is 14.4 Å². The minimum atomic E-state index is -0.512. The number of nitrogens with one attached hydrogen (secondary N) is 1. The molecule has 2 rings (SSSR count). The highest BCUT2D eigenvalue weighted by atomic mass is 32.2. The number of ether oxygens (including phenoxy) is 1. The van der Waals surface area contributed by atoms with Gasteiger partial charge in [0.1, 0.15) is 0 Å². The molecule has 0 aliphatic carbocycles. The van der Waals surface area contributed by atoms with Gasteiger partial charge in [0.2, 0.25) is 5.91 Å². The van der Waals surface area contributed by atoms with Gasteiger partial charge in [-0.05, 0) is 12.3 Å². The summed E-state index contributed by atoms with van der Waals surface area (Å²) in [5.74, 6) is -0.750. The maximum absolute atomic E-state index is 11.8. The normalized spacial score (nSPS) is 23.9. The number of fused-ring (bicyclic) bond motifs is 1. The van der Waals surface area contributed by atoms with Crippen LogP contribution in [0.15, 0.2) is 22.2 Å². The number of thioether (sulfide) groups is 1. The SMILES string of the molecule is COC(=O)C1=C(SC=CNC(C)=O)C[C@@H]2C(C(C)=O)ON12. The van der Waals surface area contributed by atoms with E-state index in [1.54, 1.807) is 5.41 Å². The fourth-order valence-electron chi connectivity index (χ4n) is 2.17. The lowest BCUT2D eigenvalue weighted by molar-refractivity contribution is -0.295. The van der Waals surface area contributed by atoms with Crippen molar-refractivity contribution in [1.82, 2.24) is 10.4 Å². The lowest BCUT2D eigenvalue weighted by atomic mass is 10.0. The van der Waals surface area contributed by atoms with Gasteiger partial charge in [-0.15, -0.1) is 0 Å². The highest BCUT2D eigenvalue weighted by molar-refractivity contribution is 8.05. The van der Waals surface area contributed by atoms with Crippen molar-refractivity contribution >= 4 is 29.4 Å². The van der Waals surface area contributed by atoms with Crippen molar-refractivity contribution < 1.29 is 24.0 Å². The smallest absolute Gasteiger partial charge is 0.357 e. The molecule has 2 aliphatic heterocycles. The van der Waals surface area contributed by atoms with Gasteiger partial charge in [-0.2, -0.15) is 0 Å². The molecule has 1 fully saturated rings. The Hall–Kier alpha value is -1.80. The Morgan fingerprint density at radius 2 is 2.14 bits per heavy atom. The Bertz CT molecular complexity index is 543. The fraction of sp³-hybridized carbons (Fsp3) is 0.462. The van der Waals surface area contributed by atoms with E-state index in [4.69, 9.17) is 9.57 Å². The van der Waals surface area contributed by atoms with Crippen LogP contribution in [0, 0.1) is 0 Å². The van der Waals surface area contributed by atoms with E-state index < -0.39 is 12.1 Å². The Kier molecular flexibility index (Phi) is 4.69. The van der Waals surface area contributed by atoms with Crippen molar-refractivity contribution in [2.45, 2.75) is 32.4 Å². The lowest BCUT2D eigenvalue weighted by Gasteiger charge is -2.42. The monoisotopic (exact) mass is 312 g/mol. The number of Topliss-reactive ketones (excluding diaryl/α,β-unsaturated/α-hetero) is 1. The largest absolute Gasteiger partial charge is 0.464 e. The molecular weight excluding hydrogens is 296 g/mol. The molecule has 1 unspecified atom stereocenters. The summed E-state index contributed by atoms with van der Waals surface area (Å²) in [7, 11) is 1.29. The maximum atomic E-state index is 11.8. The van der Waals surface area contributed by atoms with E-state index in [0.717, 1.165) is 4.91 Å². The highest BCUT2D eigenvalue weighted by Gasteiger charge is 2.52. The van der Waals surface area contributed by atoms with Gasteiger partial charge in [-0.1, -0.05) is 11.8 Å². The molecule has 0 radical (unpaired) electrons. The van der Waals surface area contributed by atoms with Crippen LogP contribution in [0.2, 0.25) is 0 Å². The van der Waals surface area contributed by atoms with E-state index in [1.165, 1.54) is 44.0 Å². The minimum Gasteiger partial charge on any atom is -0.464 e. The zero-order valence-electron chi connectivity index (χ0n) is 11.9. The molecule has 0 aromatic heterocycles. The number of hydrogen-bond donors (Lipinski definition) is 1. The van der Waals surface area contributed by atoms with Gasteiger partial charge in [-0.25, -0.2) is 9.86 Å². The lowest BCUT2D eigenvalue weighted by Crippen LogP contribution is -2.58. The van der Waals surface area contributed by atoms with E-state index in [0.29, 0.717) is 12.1 Å². The van der Waals surface area contributed by atoms with Gasteiger partial charge in [0.25, 0.3) is 0 Å². The summed E-state index contributed by atoms with van der Waals surface area (Å²) in [6, 6.07) is -0.159. The van der Waals surface area contributed by atoms with Crippen LogP contribution in [-0.4, -0.2) is 42.0 Å². The van der Waals surface area contributed by atoms with E-state index >= 15 is 0 Å². The summed E-state index contributed by atoms with van der Waals surface area (Å²) in [5, 5.41) is 5.61. The first-order valence-electron chi connectivity index (χ1n) is 6.32. The molecule has 2 heterocycles. The molecule has 0 aromatic rings. The number of amides is 1. The molecule has 0 spiro atoms. The quantitative estimate of drug-likeness (QED) is 0.747. The number of carbonyl (C=O) groups excluding carboxylic acids is 3. The molecule has 1 amide bonds. The summed E-state index contributed by atoms with van der Waals surface area (Å²) in [6.45, 7) is 2.86. The van der Waals surface area contributed by atoms with Gasteiger partial charge >= 0.3 is 5.97 Å². The van der Waals surface area contributed by atoms with Crippen molar-refractivity contribution in [1.29, 1.82) is 0 Å². The third kappa shape index (κ3) is 3.11. The second-order valence-corrected chi connectivity index (χ2v) is 5.62. The topological polar surface area (TPSA) is 84.9 Å². The van der Waals surface area contributed by atoms with E-state index in [2.05, 4.69) is 5.32 Å². The van der Waals surface area contributed by atoms with Crippen LogP contribution in [0.4, 0.5) is 0 Å². The minimum absolute atomic E-state index is 0.0690. The van der Waals surface area contributed by atoms with Gasteiger partial charge in [0, 0.05) is 24.4 Å². The highest BCUT2D eigenvalue weighted by Crippen LogP contribution is 2.44. The van der Waals surface area contributed by atoms with Crippen LogP contribution >= 0.6 is 11.8 Å². The fourth-order valence-corrected chi connectivity index (χ4v) is 3.02. The molecular formula is C13H16N2O5S. The van der Waals surface area contributed by atoms with Gasteiger partial charge < -0.3 is 10.1 Å². The summed E-state index contributed by atoms with van der Waals surface area (Å²) in [4.78, 5) is 40.1. The van der Waals surface area contributed by atoms with Gasteiger partial charge in [-0.3, -0.25) is 14.4 Å². The average molecular weight is 312 g/mol. The molecule has 2 aliphatic rings. The van der Waals surface area contributed by atoms with Crippen LogP contribution in [0.3, 0.4) is 0 Å². The Morgan fingerprint density at radius 1 is 1.43 bits per heavy atom. The zero-order valence-corrected chi connectivity index (χ0v) is 12.7. The Morgan fingerprint density at radius 3 is 2.71 bits per heavy atom. The van der Waals surface area contributed by atoms with Crippen molar-refractivity contribution in [2.75, 3.05) is 7.11 Å². The summed E-state index contributed by atoms with van der Waals surface area (Å²) >= 11 is 1.29. The van der Waals surface area contributed by atoms with Gasteiger partial charge in [0.15, 0.2) is 17.6 Å². The van der Waals surface area contributed by atoms with Crippen LogP contribution in [0.1, 0.15) is 20.3 Å². The Balaban J connectivity index is 2.09. The summed E-state index contributed by atoms with van der Waals surface area (Å²) in [5.41, 5.74) is 0.317. The first-order valence-corrected chi connectivity index (χ1v) is 7.20. The van der Waals surface area contributed by atoms with Crippen molar-refractivity contribution in [2.24, 2.45) is 0 Å². The molecule has 1 N–H and O–H groups in total. The van der Waals surface area contributed by atoms with Crippen molar-refractivity contribution in [3.8, 4) is 0 Å². The van der Waals surface area contributed by atoms with Crippen molar-refractivity contribution in [3.05, 3.63) is 22.2 Å². The van der Waals surface area contributed by atoms with E-state index in [1.807, 2.05) is 0 Å². The predicted octanol–water partition coefficient (Wildman–Crippen LogP) is 0.689. The molecule has 1 saturated heterocycles. The number of hydroxylamine groups is 2. The third-order valence-corrected chi connectivity index (χ3v) is 4.02. The Labute approximate surface area is 126 Å². The molecule has 7 nitrogen and oxygen atoms in total. The third-order valence-electron chi connectivity index (χ3n) is 3.10. The summed E-state index contributed by atoms with van der Waals surface area (Å²) < 4.78 is 4.75. The number of carbonyl (C=O) groups is 3. The number of rotatable bonds is 5. The van der Waals surface area contributed by atoms with Crippen molar-refractivity contribution in [3.63, 3.8) is 0 Å². The molecule has 21 heavy (non-hydrogen) atoms.